The first-order valence-corrected chi connectivity index (χ1v) is 8.94. The van der Waals surface area contributed by atoms with Crippen LogP contribution in [0.4, 0.5) is 0 Å². The topological polar surface area (TPSA) is 42.8 Å². The van der Waals surface area contributed by atoms with Gasteiger partial charge in [-0.05, 0) is 17.7 Å². The second kappa shape index (κ2) is 7.93. The van der Waals surface area contributed by atoms with Crippen molar-refractivity contribution in [1.29, 1.82) is 0 Å². The summed E-state index contributed by atoms with van der Waals surface area (Å²) in [5, 5.41) is 3.16. The molecule has 0 aliphatic carbocycles. The molecule has 1 aliphatic heterocycles. The predicted molar refractivity (Wildman–Crippen MR) is 92.4 cm³/mol. The third-order valence-corrected chi connectivity index (χ3v) is 5.23. The molecule has 0 bridgehead atoms. The maximum Gasteiger partial charge on any atom is 0.262 e. The van der Waals surface area contributed by atoms with E-state index >= 15 is 0 Å². The molecule has 23 heavy (non-hydrogen) atoms. The largest absolute Gasteiger partial charge is 0.370 e. The van der Waals surface area contributed by atoms with Crippen molar-refractivity contribution >= 4 is 28.8 Å². The molecule has 0 radical (unpaired) electrons. The molecule has 4 nitrogen and oxygen atoms in total. The standard InChI is InChI=1S/C17H19ClN2O2S/c18-16-7-6-15(23-16)17(21)19-14(13-4-2-1-3-5-13)12-20-8-10-22-11-9-20/h1-7,14H,8-12H2,(H,19,21)/p+1/t14-/m0/s1. The lowest BCUT2D eigenvalue weighted by molar-refractivity contribution is -0.909. The summed E-state index contributed by atoms with van der Waals surface area (Å²) in [7, 11) is 0. The Balaban J connectivity index is 1.73. The SMILES string of the molecule is O=C(N[C@@H](C[NH+]1CCOCC1)c1ccccc1)c1ccc(Cl)s1. The highest BCUT2D eigenvalue weighted by molar-refractivity contribution is 7.17. The summed E-state index contributed by atoms with van der Waals surface area (Å²) in [5.41, 5.74) is 1.13. The van der Waals surface area contributed by atoms with Gasteiger partial charge in [0.05, 0.1) is 22.4 Å². The molecule has 2 N–H and O–H groups in total. The third-order valence-electron chi connectivity index (χ3n) is 4.00. The zero-order valence-corrected chi connectivity index (χ0v) is 14.3. The van der Waals surface area contributed by atoms with Gasteiger partial charge in [0.2, 0.25) is 0 Å². The molecule has 0 saturated carbocycles. The first-order valence-electron chi connectivity index (χ1n) is 7.75. The van der Waals surface area contributed by atoms with Crippen LogP contribution < -0.4 is 10.2 Å². The molecular formula is C17H20ClN2O2S+. The molecule has 3 rings (SSSR count). The fourth-order valence-electron chi connectivity index (χ4n) is 2.76. The third kappa shape index (κ3) is 4.54. The minimum absolute atomic E-state index is 0.0160. The minimum Gasteiger partial charge on any atom is -0.370 e. The number of rotatable bonds is 5. The van der Waals surface area contributed by atoms with E-state index in [9.17, 15) is 4.79 Å². The van der Waals surface area contributed by atoms with Gasteiger partial charge in [-0.15, -0.1) is 11.3 Å². The predicted octanol–water partition coefficient (Wildman–Crippen LogP) is 1.79. The first-order chi connectivity index (χ1) is 11.2. The zero-order chi connectivity index (χ0) is 16.1. The van der Waals surface area contributed by atoms with E-state index in [0.29, 0.717) is 9.21 Å². The second-order valence-corrected chi connectivity index (χ2v) is 7.32. The molecule has 1 atom stereocenters. The Morgan fingerprint density at radius 3 is 2.61 bits per heavy atom. The fraction of sp³-hybridized carbons (Fsp3) is 0.353. The van der Waals surface area contributed by atoms with Crippen LogP contribution in [0.25, 0.3) is 0 Å². The molecule has 1 aromatic heterocycles. The van der Waals surface area contributed by atoms with Crippen molar-refractivity contribution in [2.45, 2.75) is 6.04 Å². The Hall–Kier alpha value is -1.40. The molecule has 1 aromatic carbocycles. The minimum atomic E-state index is -0.0663. The van der Waals surface area contributed by atoms with Crippen molar-refractivity contribution in [3.63, 3.8) is 0 Å². The number of benzene rings is 1. The number of quaternary nitrogens is 1. The number of nitrogens with one attached hydrogen (secondary N) is 2. The molecule has 0 unspecified atom stereocenters. The van der Waals surface area contributed by atoms with Crippen LogP contribution in [0.2, 0.25) is 4.34 Å². The molecule has 6 heteroatoms. The van der Waals surface area contributed by atoms with Crippen molar-refractivity contribution in [3.8, 4) is 0 Å². The number of hydrogen-bond donors (Lipinski definition) is 2. The fourth-order valence-corrected chi connectivity index (χ4v) is 3.70. The van der Waals surface area contributed by atoms with Crippen LogP contribution in [-0.2, 0) is 4.74 Å². The van der Waals surface area contributed by atoms with Crippen molar-refractivity contribution in [3.05, 3.63) is 57.2 Å². The lowest BCUT2D eigenvalue weighted by atomic mass is 10.1. The summed E-state index contributed by atoms with van der Waals surface area (Å²) in [6, 6.07) is 13.6. The Bertz CT molecular complexity index is 641. The quantitative estimate of drug-likeness (QED) is 0.862. The Morgan fingerprint density at radius 2 is 1.96 bits per heavy atom. The van der Waals surface area contributed by atoms with Gasteiger partial charge in [0.15, 0.2) is 0 Å². The average molecular weight is 352 g/mol. The lowest BCUT2D eigenvalue weighted by Gasteiger charge is -2.28. The van der Waals surface area contributed by atoms with Crippen LogP contribution in [-0.4, -0.2) is 38.8 Å². The van der Waals surface area contributed by atoms with Gasteiger partial charge in [-0.1, -0.05) is 41.9 Å². The first kappa shape index (κ1) is 16.5. The summed E-state index contributed by atoms with van der Waals surface area (Å²) in [6.45, 7) is 4.38. The van der Waals surface area contributed by atoms with Crippen molar-refractivity contribution in [1.82, 2.24) is 5.32 Å². The Labute approximate surface area is 145 Å². The van der Waals surface area contributed by atoms with Crippen LogP contribution in [0.3, 0.4) is 0 Å². The molecule has 0 spiro atoms. The van der Waals surface area contributed by atoms with Crippen LogP contribution in [0.15, 0.2) is 42.5 Å². The van der Waals surface area contributed by atoms with Gasteiger partial charge in [-0.2, -0.15) is 0 Å². The van der Waals surface area contributed by atoms with E-state index in [1.807, 2.05) is 18.2 Å². The number of ether oxygens (including phenoxy) is 1. The van der Waals surface area contributed by atoms with Gasteiger partial charge >= 0.3 is 0 Å². The number of amides is 1. The zero-order valence-electron chi connectivity index (χ0n) is 12.8. The summed E-state index contributed by atoms with van der Waals surface area (Å²) < 4.78 is 6.05. The Kier molecular flexibility index (Phi) is 5.67. The number of thiophene rings is 1. The molecule has 1 aliphatic rings. The highest BCUT2D eigenvalue weighted by Crippen LogP contribution is 2.22. The number of halogens is 1. The van der Waals surface area contributed by atoms with Gasteiger partial charge < -0.3 is 15.0 Å². The molecular weight excluding hydrogens is 332 g/mol. The molecule has 1 saturated heterocycles. The number of carbonyl (C=O) groups is 1. The van der Waals surface area contributed by atoms with Crippen LogP contribution in [0, 0.1) is 0 Å². The summed E-state index contributed by atoms with van der Waals surface area (Å²) in [5.74, 6) is -0.0663. The maximum atomic E-state index is 12.5. The van der Waals surface area contributed by atoms with E-state index in [0.717, 1.165) is 38.4 Å². The molecule has 122 valence electrons. The van der Waals surface area contributed by atoms with Crippen LogP contribution in [0.5, 0.6) is 0 Å². The van der Waals surface area contributed by atoms with E-state index in [-0.39, 0.29) is 11.9 Å². The van der Waals surface area contributed by atoms with Gasteiger partial charge in [0.1, 0.15) is 25.7 Å². The molecule has 1 amide bonds. The number of carbonyl (C=O) groups excluding carboxylic acids is 1. The van der Waals surface area contributed by atoms with Crippen molar-refractivity contribution in [2.24, 2.45) is 0 Å². The van der Waals surface area contributed by atoms with Gasteiger partial charge in [-0.25, -0.2) is 0 Å². The second-order valence-electron chi connectivity index (χ2n) is 5.61. The van der Waals surface area contributed by atoms with Crippen LogP contribution in [0.1, 0.15) is 21.3 Å². The van der Waals surface area contributed by atoms with Gasteiger partial charge in [0.25, 0.3) is 5.91 Å². The van der Waals surface area contributed by atoms with E-state index in [1.165, 1.54) is 16.2 Å². The lowest BCUT2D eigenvalue weighted by Crippen LogP contribution is -3.14. The summed E-state index contributed by atoms with van der Waals surface area (Å²) in [4.78, 5) is 14.6. The normalized spacial score (nSPS) is 16.9. The molecule has 1 fully saturated rings. The van der Waals surface area contributed by atoms with E-state index in [4.69, 9.17) is 16.3 Å². The Morgan fingerprint density at radius 1 is 1.22 bits per heavy atom. The number of morpholine rings is 1. The molecule has 2 aromatic rings. The number of hydrogen-bond acceptors (Lipinski definition) is 3. The van der Waals surface area contributed by atoms with Crippen molar-refractivity contribution in [2.75, 3.05) is 32.8 Å². The average Bonchev–Trinajstić information content (AvgIpc) is 3.03. The smallest absolute Gasteiger partial charge is 0.262 e. The highest BCUT2D eigenvalue weighted by atomic mass is 35.5. The highest BCUT2D eigenvalue weighted by Gasteiger charge is 2.23. The monoisotopic (exact) mass is 351 g/mol. The van der Waals surface area contributed by atoms with E-state index < -0.39 is 0 Å². The summed E-state index contributed by atoms with van der Waals surface area (Å²) in [6.07, 6.45) is 0. The van der Waals surface area contributed by atoms with Gasteiger partial charge in [0, 0.05) is 0 Å². The van der Waals surface area contributed by atoms with E-state index in [2.05, 4.69) is 17.4 Å². The van der Waals surface area contributed by atoms with E-state index in [1.54, 1.807) is 12.1 Å². The maximum absolute atomic E-state index is 12.5. The molecule has 2 heterocycles. The van der Waals surface area contributed by atoms with Crippen LogP contribution >= 0.6 is 22.9 Å². The van der Waals surface area contributed by atoms with Crippen molar-refractivity contribution < 1.29 is 14.4 Å². The summed E-state index contributed by atoms with van der Waals surface area (Å²) >= 11 is 7.24. The van der Waals surface area contributed by atoms with Gasteiger partial charge in [-0.3, -0.25) is 4.79 Å².